The number of hydrogen-bond acceptors (Lipinski definition) is 3. The molecule has 0 aromatic heterocycles. The molecule has 1 fully saturated rings. The van der Waals surface area contributed by atoms with Crippen LogP contribution in [0.1, 0.15) is 45.3 Å². The van der Waals surface area contributed by atoms with Crippen molar-refractivity contribution >= 4 is 21.6 Å². The van der Waals surface area contributed by atoms with E-state index in [2.05, 4.69) is 36.3 Å². The Labute approximate surface area is 137 Å². The predicted molar refractivity (Wildman–Crippen MR) is 90.5 cm³/mol. The molecule has 2 N–H and O–H groups in total. The third kappa shape index (κ3) is 2.44. The van der Waals surface area contributed by atoms with E-state index in [9.17, 15) is 8.42 Å². The highest BCUT2D eigenvalue weighted by atomic mass is 32.2. The Morgan fingerprint density at radius 2 is 1.96 bits per heavy atom. The monoisotopic (exact) mass is 334 g/mol. The van der Waals surface area contributed by atoms with Gasteiger partial charge >= 0.3 is 10.2 Å². The Morgan fingerprint density at radius 1 is 1.22 bits per heavy atom. The molecule has 5 nitrogen and oxygen atoms in total. The second kappa shape index (κ2) is 4.74. The predicted octanol–water partition coefficient (Wildman–Crippen LogP) is 3.59. The average Bonchev–Trinajstić information content (AvgIpc) is 2.77. The van der Waals surface area contributed by atoms with E-state index in [4.69, 9.17) is 4.74 Å². The van der Waals surface area contributed by atoms with Crippen LogP contribution < -0.4 is 9.44 Å². The maximum absolute atomic E-state index is 11.6. The van der Waals surface area contributed by atoms with Gasteiger partial charge in [-0.2, -0.15) is 8.42 Å². The Balaban J connectivity index is 1.73. The van der Waals surface area contributed by atoms with Gasteiger partial charge in [0.15, 0.2) is 0 Å². The van der Waals surface area contributed by atoms with E-state index in [0.29, 0.717) is 23.2 Å². The summed E-state index contributed by atoms with van der Waals surface area (Å²) in [6, 6.07) is 5.68. The minimum atomic E-state index is -3.46. The molecule has 23 heavy (non-hydrogen) atoms. The van der Waals surface area contributed by atoms with Gasteiger partial charge in [-0.05, 0) is 57.2 Å². The summed E-state index contributed by atoms with van der Waals surface area (Å²) in [6.07, 6.45) is 4.51. The van der Waals surface area contributed by atoms with Gasteiger partial charge in [-0.1, -0.05) is 17.7 Å². The van der Waals surface area contributed by atoms with Crippen LogP contribution in [0.5, 0.6) is 0 Å². The fraction of sp³-hybridized carbons (Fsp3) is 0.529. The number of allylic oxidation sites excluding steroid dienone is 1. The fourth-order valence-electron chi connectivity index (χ4n) is 4.03. The van der Waals surface area contributed by atoms with Crippen LogP contribution in [-0.2, 0) is 14.9 Å². The molecule has 0 radical (unpaired) electrons. The van der Waals surface area contributed by atoms with Crippen molar-refractivity contribution in [2.24, 2.45) is 11.8 Å². The molecule has 6 heteroatoms. The summed E-state index contributed by atoms with van der Waals surface area (Å²) in [5.41, 5.74) is 3.43. The molecule has 4 rings (SSSR count). The summed E-state index contributed by atoms with van der Waals surface area (Å²) in [5.74, 6) is 0.910. The van der Waals surface area contributed by atoms with E-state index >= 15 is 0 Å². The molecule has 3 unspecified atom stereocenters. The zero-order chi connectivity index (χ0) is 16.4. The van der Waals surface area contributed by atoms with E-state index in [1.54, 1.807) is 0 Å². The van der Waals surface area contributed by atoms with Gasteiger partial charge in [-0.15, -0.1) is 0 Å². The Bertz CT molecular complexity index is 798. The van der Waals surface area contributed by atoms with Crippen LogP contribution in [-0.4, -0.2) is 14.0 Å². The van der Waals surface area contributed by atoms with Crippen LogP contribution in [0.15, 0.2) is 29.8 Å². The molecule has 2 bridgehead atoms. The van der Waals surface area contributed by atoms with Crippen LogP contribution in [0, 0.1) is 11.8 Å². The second-order valence-corrected chi connectivity index (χ2v) is 8.79. The van der Waals surface area contributed by atoms with E-state index in [1.807, 2.05) is 18.2 Å². The Kier molecular flexibility index (Phi) is 3.09. The Hall–Kier alpha value is -1.53. The number of benzene rings is 1. The standard InChI is InChI=1S/C17H22N2O3S/c1-10-4-6-12-9-13(10)16(22-17(12,2)3)11-5-7-14-15(8-11)19-23(20,21)18-14/h4-5,7-8,12-13,16,18-19H,6,9H2,1-3H3. The molecule has 2 aliphatic heterocycles. The minimum absolute atomic E-state index is 0.0341. The largest absolute Gasteiger partial charge is 0.367 e. The lowest BCUT2D eigenvalue weighted by Crippen LogP contribution is -2.45. The van der Waals surface area contributed by atoms with Gasteiger partial charge in [0.05, 0.1) is 23.1 Å². The van der Waals surface area contributed by atoms with E-state index in [-0.39, 0.29) is 11.7 Å². The van der Waals surface area contributed by atoms with E-state index in [1.165, 1.54) is 5.57 Å². The van der Waals surface area contributed by atoms with Crippen molar-refractivity contribution in [1.29, 1.82) is 0 Å². The summed E-state index contributed by atoms with van der Waals surface area (Å²) < 4.78 is 34.8. The zero-order valence-electron chi connectivity index (χ0n) is 13.6. The van der Waals surface area contributed by atoms with Crippen molar-refractivity contribution in [2.45, 2.75) is 45.3 Å². The van der Waals surface area contributed by atoms with Crippen molar-refractivity contribution in [3.63, 3.8) is 0 Å². The number of nitrogens with one attached hydrogen (secondary N) is 2. The fourth-order valence-corrected chi connectivity index (χ4v) is 5.01. The van der Waals surface area contributed by atoms with Crippen molar-refractivity contribution in [3.8, 4) is 0 Å². The first-order chi connectivity index (χ1) is 10.8. The van der Waals surface area contributed by atoms with Gasteiger partial charge < -0.3 is 4.74 Å². The van der Waals surface area contributed by atoms with Crippen LogP contribution in [0.2, 0.25) is 0 Å². The second-order valence-electron chi connectivity index (χ2n) is 7.38. The molecule has 0 spiro atoms. The molecule has 1 saturated heterocycles. The summed E-state index contributed by atoms with van der Waals surface area (Å²) in [4.78, 5) is 0. The third-order valence-corrected chi connectivity index (χ3v) is 6.47. The highest BCUT2D eigenvalue weighted by molar-refractivity contribution is 7.94. The number of anilines is 2. The van der Waals surface area contributed by atoms with Gasteiger partial charge in [-0.3, -0.25) is 9.44 Å². The first-order valence-corrected chi connectivity index (χ1v) is 9.52. The van der Waals surface area contributed by atoms with Crippen LogP contribution in [0.3, 0.4) is 0 Å². The normalized spacial score (nSPS) is 33.2. The van der Waals surface area contributed by atoms with Gasteiger partial charge in [0.2, 0.25) is 0 Å². The van der Waals surface area contributed by atoms with E-state index in [0.717, 1.165) is 18.4 Å². The maximum atomic E-state index is 11.6. The number of rotatable bonds is 1. The maximum Gasteiger partial charge on any atom is 0.321 e. The van der Waals surface area contributed by atoms with Crippen molar-refractivity contribution in [2.75, 3.05) is 9.44 Å². The zero-order valence-corrected chi connectivity index (χ0v) is 14.4. The number of ether oxygens (including phenoxy) is 1. The molecule has 0 amide bonds. The average molecular weight is 334 g/mol. The summed E-state index contributed by atoms with van der Waals surface area (Å²) in [6.45, 7) is 6.49. The lowest BCUT2D eigenvalue weighted by atomic mass is 9.69. The molecular formula is C17H22N2O3S. The molecule has 3 aliphatic rings. The lowest BCUT2D eigenvalue weighted by Gasteiger charge is -2.49. The summed E-state index contributed by atoms with van der Waals surface area (Å²) in [7, 11) is -3.46. The van der Waals surface area contributed by atoms with E-state index < -0.39 is 10.2 Å². The molecular weight excluding hydrogens is 312 g/mol. The molecule has 124 valence electrons. The molecule has 1 aromatic carbocycles. The van der Waals surface area contributed by atoms with Crippen LogP contribution in [0.4, 0.5) is 11.4 Å². The highest BCUT2D eigenvalue weighted by Crippen LogP contribution is 2.51. The number of fused-ring (bicyclic) bond motifs is 3. The highest BCUT2D eigenvalue weighted by Gasteiger charge is 2.45. The smallest absolute Gasteiger partial charge is 0.321 e. The van der Waals surface area contributed by atoms with Gasteiger partial charge in [0, 0.05) is 5.92 Å². The molecule has 0 saturated carbocycles. The number of hydrogen-bond donors (Lipinski definition) is 2. The van der Waals surface area contributed by atoms with Crippen LogP contribution >= 0.6 is 0 Å². The summed E-state index contributed by atoms with van der Waals surface area (Å²) in [5, 5.41) is 0. The topological polar surface area (TPSA) is 67.4 Å². The molecule has 1 aliphatic carbocycles. The lowest BCUT2D eigenvalue weighted by molar-refractivity contribution is -0.166. The minimum Gasteiger partial charge on any atom is -0.367 e. The quantitative estimate of drug-likeness (QED) is 0.771. The molecule has 3 atom stereocenters. The Morgan fingerprint density at radius 3 is 2.74 bits per heavy atom. The molecule has 1 aromatic rings. The van der Waals surface area contributed by atoms with Crippen molar-refractivity contribution in [3.05, 3.63) is 35.4 Å². The van der Waals surface area contributed by atoms with Gasteiger partial charge in [0.1, 0.15) is 0 Å². The van der Waals surface area contributed by atoms with Gasteiger partial charge in [-0.25, -0.2) is 0 Å². The van der Waals surface area contributed by atoms with Crippen molar-refractivity contribution < 1.29 is 13.2 Å². The SMILES string of the molecule is CC1=CCC2CC1C(c1ccc3c(c1)NS(=O)(=O)N3)OC2(C)C. The van der Waals surface area contributed by atoms with Gasteiger partial charge in [0.25, 0.3) is 0 Å². The first kappa shape index (κ1) is 15.0. The van der Waals surface area contributed by atoms with Crippen molar-refractivity contribution in [1.82, 2.24) is 0 Å². The first-order valence-electron chi connectivity index (χ1n) is 8.04. The van der Waals surface area contributed by atoms with Crippen LogP contribution in [0.25, 0.3) is 0 Å². The summed E-state index contributed by atoms with van der Waals surface area (Å²) >= 11 is 0. The third-order valence-electron chi connectivity index (χ3n) is 5.49. The molecule has 2 heterocycles.